The monoisotopic (exact) mass is 719 g/mol. The smallest absolute Gasteiger partial charge is 0.264 e. The lowest BCUT2D eigenvalue weighted by molar-refractivity contribution is 0.0505. The molecule has 50 heavy (non-hydrogen) atoms. The van der Waals surface area contributed by atoms with E-state index in [0.29, 0.717) is 17.9 Å². The van der Waals surface area contributed by atoms with Crippen LogP contribution < -0.4 is 14.4 Å². The second kappa shape index (κ2) is 14.1. The number of carbonyl (C=O) groups excluding carboxylic acids is 1. The first kappa shape index (κ1) is 37.0. The average Bonchev–Trinajstić information content (AvgIpc) is 3.40. The number of nitrogens with zero attached hydrogens (tertiary/aromatic N) is 6. The molecule has 0 spiro atoms. The number of benzene rings is 2. The van der Waals surface area contributed by atoms with E-state index in [9.17, 15) is 13.2 Å². The summed E-state index contributed by atoms with van der Waals surface area (Å²) in [6.45, 7) is 16.9. The zero-order valence-corrected chi connectivity index (χ0v) is 31.4. The summed E-state index contributed by atoms with van der Waals surface area (Å²) in [5.41, 5.74) is 4.55. The molecule has 11 nitrogen and oxygen atoms in total. The van der Waals surface area contributed by atoms with Crippen LogP contribution in [0.4, 0.5) is 11.6 Å². The SMILES string of the molecule is Cc1cccc(C)c1-c1cc2nc(n1)NS(=O)(=O)c1cccc(c1)C(=O)N(Cc1ncc(N3CCC(C)(C)C3)cn1)[C@H](CC(C)(C)C)CO2.Cl. The highest BCUT2D eigenvalue weighted by atomic mass is 35.5. The van der Waals surface area contributed by atoms with Gasteiger partial charge in [-0.05, 0) is 66.8 Å². The molecule has 2 aliphatic rings. The van der Waals surface area contributed by atoms with Gasteiger partial charge in [0.25, 0.3) is 15.9 Å². The van der Waals surface area contributed by atoms with Crippen molar-refractivity contribution in [1.82, 2.24) is 24.8 Å². The van der Waals surface area contributed by atoms with Gasteiger partial charge in [0.05, 0.1) is 41.3 Å². The highest BCUT2D eigenvalue weighted by molar-refractivity contribution is 7.92. The third kappa shape index (κ3) is 8.35. The number of fused-ring (bicyclic) bond motifs is 4. The van der Waals surface area contributed by atoms with Gasteiger partial charge in [0.2, 0.25) is 11.8 Å². The van der Waals surface area contributed by atoms with Crippen molar-refractivity contribution >= 4 is 40.0 Å². The van der Waals surface area contributed by atoms with Crippen molar-refractivity contribution in [3.8, 4) is 17.1 Å². The van der Waals surface area contributed by atoms with Crippen LogP contribution in [0.3, 0.4) is 0 Å². The minimum atomic E-state index is -4.17. The highest BCUT2D eigenvalue weighted by Crippen LogP contribution is 2.33. The molecule has 4 heterocycles. The molecule has 1 N–H and O–H groups in total. The summed E-state index contributed by atoms with van der Waals surface area (Å²) in [6, 6.07) is 13.2. The normalized spacial score (nSPS) is 18.5. The number of aryl methyl sites for hydroxylation is 2. The summed E-state index contributed by atoms with van der Waals surface area (Å²) in [6.07, 6.45) is 5.31. The van der Waals surface area contributed by atoms with Crippen molar-refractivity contribution in [2.24, 2.45) is 10.8 Å². The van der Waals surface area contributed by atoms with E-state index in [2.05, 4.69) is 54.2 Å². The zero-order valence-electron chi connectivity index (χ0n) is 29.7. The molecular formula is C37H46ClN7O4S. The van der Waals surface area contributed by atoms with Crippen molar-refractivity contribution in [3.63, 3.8) is 0 Å². The van der Waals surface area contributed by atoms with Crippen molar-refractivity contribution < 1.29 is 17.9 Å². The third-order valence-electron chi connectivity index (χ3n) is 9.08. The Morgan fingerprint density at radius 1 is 1.00 bits per heavy atom. The van der Waals surface area contributed by atoms with Crippen LogP contribution in [-0.4, -0.2) is 64.9 Å². The van der Waals surface area contributed by atoms with Gasteiger partial charge in [-0.15, -0.1) is 12.4 Å². The van der Waals surface area contributed by atoms with Crippen LogP contribution in [0, 0.1) is 24.7 Å². The Morgan fingerprint density at radius 2 is 1.68 bits per heavy atom. The fourth-order valence-electron chi connectivity index (χ4n) is 6.62. The summed E-state index contributed by atoms with van der Waals surface area (Å²) in [7, 11) is -4.17. The number of carbonyl (C=O) groups is 1. The number of anilines is 2. The Hall–Kier alpha value is -4.29. The van der Waals surface area contributed by atoms with Gasteiger partial charge in [0.1, 0.15) is 12.4 Å². The predicted molar refractivity (Wildman–Crippen MR) is 197 cm³/mol. The van der Waals surface area contributed by atoms with E-state index in [-0.39, 0.29) is 64.6 Å². The Labute approximate surface area is 301 Å². The van der Waals surface area contributed by atoms with Crippen LogP contribution in [0.25, 0.3) is 11.3 Å². The fourth-order valence-corrected chi connectivity index (χ4v) is 7.61. The number of sulfonamides is 1. The van der Waals surface area contributed by atoms with Crippen molar-refractivity contribution in [3.05, 3.63) is 83.4 Å². The predicted octanol–water partition coefficient (Wildman–Crippen LogP) is 6.85. The lowest BCUT2D eigenvalue weighted by Gasteiger charge is -2.35. The van der Waals surface area contributed by atoms with Crippen LogP contribution in [0.2, 0.25) is 0 Å². The van der Waals surface area contributed by atoms with Crippen molar-refractivity contribution in [1.29, 1.82) is 0 Å². The molecule has 2 aromatic carbocycles. The third-order valence-corrected chi connectivity index (χ3v) is 10.4. The van der Waals surface area contributed by atoms with E-state index >= 15 is 0 Å². The van der Waals surface area contributed by atoms with Gasteiger partial charge in [0.15, 0.2) is 0 Å². The first-order chi connectivity index (χ1) is 23.1. The number of aromatic nitrogens is 4. The maximum atomic E-state index is 14.4. The van der Waals surface area contributed by atoms with Gasteiger partial charge in [-0.1, -0.05) is 58.9 Å². The maximum absolute atomic E-state index is 14.4. The second-order valence-electron chi connectivity index (χ2n) is 15.2. The molecule has 1 saturated heterocycles. The fraction of sp³-hybridized carbons (Fsp3) is 0.432. The minimum Gasteiger partial charge on any atom is -0.475 e. The zero-order chi connectivity index (χ0) is 35.1. The molecule has 2 aliphatic heterocycles. The van der Waals surface area contributed by atoms with E-state index in [0.717, 1.165) is 41.9 Å². The highest BCUT2D eigenvalue weighted by Gasteiger charge is 2.33. The Morgan fingerprint density at radius 3 is 2.32 bits per heavy atom. The minimum absolute atomic E-state index is 0. The lowest BCUT2D eigenvalue weighted by Crippen LogP contribution is -2.45. The van der Waals surface area contributed by atoms with Gasteiger partial charge in [0, 0.05) is 30.3 Å². The van der Waals surface area contributed by atoms with E-state index in [1.165, 1.54) is 12.1 Å². The number of hydrogen-bond donors (Lipinski definition) is 1. The Bertz CT molecular complexity index is 1960. The summed E-state index contributed by atoms with van der Waals surface area (Å²) >= 11 is 0. The van der Waals surface area contributed by atoms with Crippen molar-refractivity contribution in [2.75, 3.05) is 29.3 Å². The van der Waals surface area contributed by atoms with Crippen LogP contribution in [0.15, 0.2) is 65.8 Å². The summed E-state index contributed by atoms with van der Waals surface area (Å²) in [5.74, 6) is 0.199. The maximum Gasteiger partial charge on any atom is 0.264 e. The number of rotatable bonds is 5. The van der Waals surface area contributed by atoms with E-state index in [1.807, 2.05) is 44.4 Å². The summed E-state index contributed by atoms with van der Waals surface area (Å²) in [5, 5.41) is 0. The summed E-state index contributed by atoms with van der Waals surface area (Å²) < 4.78 is 36.3. The number of ether oxygens (including phenoxy) is 1. The van der Waals surface area contributed by atoms with Gasteiger partial charge in [-0.2, -0.15) is 4.98 Å². The number of halogens is 1. The van der Waals surface area contributed by atoms with Crippen LogP contribution in [-0.2, 0) is 16.6 Å². The van der Waals surface area contributed by atoms with Gasteiger partial charge < -0.3 is 14.5 Å². The van der Waals surface area contributed by atoms with Crippen LogP contribution >= 0.6 is 12.4 Å². The van der Waals surface area contributed by atoms with E-state index in [4.69, 9.17) is 14.7 Å². The van der Waals surface area contributed by atoms with Crippen molar-refractivity contribution in [2.45, 2.75) is 78.8 Å². The molecule has 4 aromatic rings. The molecule has 0 unspecified atom stereocenters. The molecule has 0 radical (unpaired) electrons. The van der Waals surface area contributed by atoms with Crippen LogP contribution in [0.5, 0.6) is 5.88 Å². The van der Waals surface area contributed by atoms with Gasteiger partial charge >= 0.3 is 0 Å². The van der Waals surface area contributed by atoms with E-state index in [1.54, 1.807) is 23.1 Å². The molecule has 2 aromatic heterocycles. The molecule has 0 aliphatic carbocycles. The van der Waals surface area contributed by atoms with Gasteiger partial charge in [-0.3, -0.25) is 4.79 Å². The first-order valence-electron chi connectivity index (χ1n) is 16.7. The number of nitrogens with one attached hydrogen (secondary N) is 1. The molecule has 0 saturated carbocycles. The Balaban J connectivity index is 0.00000486. The molecule has 266 valence electrons. The molecular weight excluding hydrogens is 674 g/mol. The molecule has 1 atom stereocenters. The molecule has 6 rings (SSSR count). The number of hydrogen-bond acceptors (Lipinski definition) is 9. The topological polar surface area (TPSA) is 131 Å². The molecule has 4 bridgehead atoms. The van der Waals surface area contributed by atoms with E-state index < -0.39 is 16.1 Å². The lowest BCUT2D eigenvalue weighted by atomic mass is 9.87. The van der Waals surface area contributed by atoms with Gasteiger partial charge in [-0.25, -0.2) is 28.1 Å². The average molecular weight is 720 g/mol. The molecule has 1 amide bonds. The standard InChI is InChI=1S/C37H45N7O4S.ClH/c1-24-10-8-11-25(2)33(24)30-17-32-41-35(40-30)42-49(46,47)29-13-9-12-26(16-29)34(45)44(27(22-48-32)18-36(3,4)5)21-31-38-19-28(20-39-31)43-15-14-37(6,7)23-43;/h8-13,16-17,19-20,27H,14-15,18,21-23H2,1-7H3,(H,40,41,42);1H/t27-;/m1./s1. The molecule has 13 heteroatoms. The first-order valence-corrected chi connectivity index (χ1v) is 18.1. The number of amides is 1. The second-order valence-corrected chi connectivity index (χ2v) is 16.9. The summed E-state index contributed by atoms with van der Waals surface area (Å²) in [4.78, 5) is 36.8. The quantitative estimate of drug-likeness (QED) is 0.235. The molecule has 1 fully saturated rings. The Kier molecular flexibility index (Phi) is 10.5. The van der Waals surface area contributed by atoms with Crippen LogP contribution in [0.1, 0.15) is 74.8 Å². The largest absolute Gasteiger partial charge is 0.475 e.